The number of rotatable bonds is 4. The van der Waals surface area contributed by atoms with Gasteiger partial charge in [0.1, 0.15) is 0 Å². The van der Waals surface area contributed by atoms with Crippen LogP contribution < -0.4 is 0 Å². The molecule has 3 aromatic carbocycles. The fraction of sp³-hybridized carbons (Fsp3) is 0.143. The van der Waals surface area contributed by atoms with E-state index in [0.717, 1.165) is 33.0 Å². The molecular weight excluding hydrogens is 424 g/mol. The van der Waals surface area contributed by atoms with Crippen LogP contribution in [0.15, 0.2) is 83.0 Å². The molecule has 5 aromatic rings. The molecule has 34 heavy (non-hydrogen) atoms. The molecule has 0 aliphatic carbocycles. The standard InChI is InChI=1S/C28H24N4O2/c1-4-32-25-13-11-18(3)15-22(25)26(28(32)34)30-31-27(33)21-16-24(19-8-6-5-7-9-19)29-23-12-10-17(2)14-20(21)23/h5-16,34H,4H2,1-3H3. The van der Waals surface area contributed by atoms with Crippen molar-refractivity contribution >= 4 is 33.4 Å². The number of hydrogen-bond acceptors (Lipinski definition) is 4. The predicted molar refractivity (Wildman–Crippen MR) is 135 cm³/mol. The van der Waals surface area contributed by atoms with Crippen molar-refractivity contribution in [2.24, 2.45) is 10.2 Å². The number of amides is 1. The van der Waals surface area contributed by atoms with Gasteiger partial charge in [-0.15, -0.1) is 10.2 Å². The Morgan fingerprint density at radius 2 is 1.65 bits per heavy atom. The van der Waals surface area contributed by atoms with Crippen LogP contribution in [0.2, 0.25) is 0 Å². The molecular formula is C28H24N4O2. The van der Waals surface area contributed by atoms with Gasteiger partial charge < -0.3 is 9.67 Å². The van der Waals surface area contributed by atoms with Crippen LogP contribution >= 0.6 is 0 Å². The van der Waals surface area contributed by atoms with Crippen LogP contribution in [-0.2, 0) is 6.54 Å². The Kier molecular flexibility index (Phi) is 5.42. The van der Waals surface area contributed by atoms with Gasteiger partial charge in [0.05, 0.1) is 22.3 Å². The lowest BCUT2D eigenvalue weighted by atomic mass is 10.0. The highest BCUT2D eigenvalue weighted by Crippen LogP contribution is 2.39. The molecule has 6 heteroatoms. The second-order valence-corrected chi connectivity index (χ2v) is 8.38. The lowest BCUT2D eigenvalue weighted by molar-refractivity contribution is 0.0996. The van der Waals surface area contributed by atoms with Crippen molar-refractivity contribution in [2.45, 2.75) is 27.3 Å². The van der Waals surface area contributed by atoms with Crippen LogP contribution in [0.5, 0.6) is 5.88 Å². The summed E-state index contributed by atoms with van der Waals surface area (Å²) in [6, 6.07) is 23.2. The van der Waals surface area contributed by atoms with Crippen LogP contribution in [-0.4, -0.2) is 20.6 Å². The average Bonchev–Trinajstić information content (AvgIpc) is 3.11. The number of aromatic nitrogens is 2. The minimum absolute atomic E-state index is 0.0000513. The topological polar surface area (TPSA) is 79.8 Å². The quantitative estimate of drug-likeness (QED) is 0.297. The van der Waals surface area contributed by atoms with E-state index in [9.17, 15) is 9.90 Å². The Morgan fingerprint density at radius 1 is 0.941 bits per heavy atom. The summed E-state index contributed by atoms with van der Waals surface area (Å²) in [6.45, 7) is 6.47. The van der Waals surface area contributed by atoms with E-state index in [-0.39, 0.29) is 5.88 Å². The largest absolute Gasteiger partial charge is 0.493 e. The van der Waals surface area contributed by atoms with E-state index in [1.165, 1.54) is 0 Å². The molecule has 0 saturated heterocycles. The first kappa shape index (κ1) is 21.5. The normalized spacial score (nSPS) is 11.6. The van der Waals surface area contributed by atoms with E-state index in [4.69, 9.17) is 4.98 Å². The van der Waals surface area contributed by atoms with Crippen LogP contribution in [0.1, 0.15) is 28.4 Å². The summed E-state index contributed by atoms with van der Waals surface area (Å²) in [5.74, 6) is -0.486. The first-order valence-electron chi connectivity index (χ1n) is 11.2. The van der Waals surface area contributed by atoms with Gasteiger partial charge in [-0.1, -0.05) is 53.6 Å². The summed E-state index contributed by atoms with van der Waals surface area (Å²) < 4.78 is 1.76. The molecule has 2 heterocycles. The zero-order chi connectivity index (χ0) is 23.8. The van der Waals surface area contributed by atoms with Gasteiger partial charge >= 0.3 is 0 Å². The molecule has 0 spiro atoms. The minimum Gasteiger partial charge on any atom is -0.493 e. The van der Waals surface area contributed by atoms with Crippen molar-refractivity contribution in [2.75, 3.05) is 0 Å². The Labute approximate surface area is 197 Å². The number of hydrogen-bond donors (Lipinski definition) is 1. The van der Waals surface area contributed by atoms with Crippen LogP contribution in [0, 0.1) is 13.8 Å². The summed E-state index contributed by atoms with van der Waals surface area (Å²) in [5.41, 5.74) is 5.94. The minimum atomic E-state index is -0.486. The summed E-state index contributed by atoms with van der Waals surface area (Å²) in [7, 11) is 0. The maximum absolute atomic E-state index is 13.3. The van der Waals surface area contributed by atoms with E-state index in [0.29, 0.717) is 29.0 Å². The summed E-state index contributed by atoms with van der Waals surface area (Å²) in [4.78, 5) is 18.1. The molecule has 0 unspecified atom stereocenters. The van der Waals surface area contributed by atoms with Gasteiger partial charge in [0.25, 0.3) is 5.91 Å². The van der Waals surface area contributed by atoms with E-state index in [2.05, 4.69) is 10.2 Å². The molecule has 0 bridgehead atoms. The zero-order valence-electron chi connectivity index (χ0n) is 19.3. The Balaban J connectivity index is 1.64. The fourth-order valence-corrected chi connectivity index (χ4v) is 4.28. The number of benzene rings is 3. The zero-order valence-corrected chi connectivity index (χ0v) is 19.3. The SMILES string of the molecule is CCn1c(O)c(N=NC(=O)c2cc(-c3ccccc3)nc3ccc(C)cc23)c2cc(C)ccc21. The maximum atomic E-state index is 13.3. The van der Waals surface area contributed by atoms with Crippen molar-refractivity contribution in [3.8, 4) is 17.1 Å². The van der Waals surface area contributed by atoms with Crippen molar-refractivity contribution in [3.63, 3.8) is 0 Å². The summed E-state index contributed by atoms with van der Waals surface area (Å²) in [5, 5.41) is 20.5. The highest BCUT2D eigenvalue weighted by Gasteiger charge is 2.18. The van der Waals surface area contributed by atoms with Gasteiger partial charge in [-0.05, 0) is 51.1 Å². The lowest BCUT2D eigenvalue weighted by Crippen LogP contribution is -1.99. The molecule has 1 amide bonds. The number of azo groups is 1. The number of carbonyl (C=O) groups excluding carboxylic acids is 1. The van der Waals surface area contributed by atoms with Gasteiger partial charge in [0.2, 0.25) is 5.88 Å². The monoisotopic (exact) mass is 448 g/mol. The molecule has 0 saturated carbocycles. The van der Waals surface area contributed by atoms with E-state index in [1.807, 2.05) is 87.5 Å². The van der Waals surface area contributed by atoms with Crippen molar-refractivity contribution in [1.82, 2.24) is 9.55 Å². The smallest absolute Gasteiger partial charge is 0.296 e. The number of carbonyl (C=O) groups is 1. The number of nitrogens with zero attached hydrogens (tertiary/aromatic N) is 4. The molecule has 2 aromatic heterocycles. The molecule has 168 valence electrons. The molecule has 0 radical (unpaired) electrons. The lowest BCUT2D eigenvalue weighted by Gasteiger charge is -2.08. The molecule has 5 rings (SSSR count). The van der Waals surface area contributed by atoms with Gasteiger partial charge in [0, 0.05) is 22.9 Å². The molecule has 6 nitrogen and oxygen atoms in total. The molecule has 0 aliphatic rings. The summed E-state index contributed by atoms with van der Waals surface area (Å²) >= 11 is 0. The highest BCUT2D eigenvalue weighted by molar-refractivity contribution is 6.08. The second kappa shape index (κ2) is 8.56. The third kappa shape index (κ3) is 3.73. The maximum Gasteiger partial charge on any atom is 0.296 e. The number of aromatic hydroxyl groups is 1. The van der Waals surface area contributed by atoms with Crippen LogP contribution in [0.25, 0.3) is 33.1 Å². The molecule has 0 fully saturated rings. The van der Waals surface area contributed by atoms with Gasteiger partial charge in [0.15, 0.2) is 5.69 Å². The Hall–Kier alpha value is -4.32. The summed E-state index contributed by atoms with van der Waals surface area (Å²) in [6.07, 6.45) is 0. The van der Waals surface area contributed by atoms with Crippen molar-refractivity contribution in [1.29, 1.82) is 0 Å². The fourth-order valence-electron chi connectivity index (χ4n) is 4.28. The molecule has 1 N–H and O–H groups in total. The van der Waals surface area contributed by atoms with Gasteiger partial charge in [-0.25, -0.2) is 4.98 Å². The second-order valence-electron chi connectivity index (χ2n) is 8.38. The van der Waals surface area contributed by atoms with E-state index >= 15 is 0 Å². The third-order valence-corrected chi connectivity index (χ3v) is 5.99. The first-order chi connectivity index (χ1) is 16.5. The highest BCUT2D eigenvalue weighted by atomic mass is 16.3. The van der Waals surface area contributed by atoms with Crippen LogP contribution in [0.3, 0.4) is 0 Å². The first-order valence-corrected chi connectivity index (χ1v) is 11.2. The predicted octanol–water partition coefficient (Wildman–Crippen LogP) is 7.12. The molecule has 0 aliphatic heterocycles. The Bertz CT molecular complexity index is 1580. The number of aryl methyl sites for hydroxylation is 3. The Morgan fingerprint density at radius 3 is 2.38 bits per heavy atom. The number of pyridine rings is 1. The van der Waals surface area contributed by atoms with Gasteiger partial charge in [-0.2, -0.15) is 0 Å². The van der Waals surface area contributed by atoms with Crippen LogP contribution in [0.4, 0.5) is 5.69 Å². The molecule has 0 atom stereocenters. The van der Waals surface area contributed by atoms with Gasteiger partial charge in [-0.3, -0.25) is 4.79 Å². The van der Waals surface area contributed by atoms with Crippen molar-refractivity contribution < 1.29 is 9.90 Å². The average molecular weight is 449 g/mol. The van der Waals surface area contributed by atoms with Crippen molar-refractivity contribution in [3.05, 3.63) is 89.5 Å². The third-order valence-electron chi connectivity index (χ3n) is 5.99. The van der Waals surface area contributed by atoms with E-state index in [1.54, 1.807) is 10.6 Å². The van der Waals surface area contributed by atoms with E-state index < -0.39 is 5.91 Å². The number of fused-ring (bicyclic) bond motifs is 2.